The van der Waals surface area contributed by atoms with E-state index in [-0.39, 0.29) is 0 Å². The second-order valence-corrected chi connectivity index (χ2v) is 15.5. The second kappa shape index (κ2) is 12.5. The van der Waals surface area contributed by atoms with Gasteiger partial charge in [-0.05, 0) is 106 Å². The number of hydrogen-bond acceptors (Lipinski definition) is 2. The first-order valence-corrected chi connectivity index (χ1v) is 19.9. The first-order chi connectivity index (χ1) is 28.6. The molecule has 0 N–H and O–H groups in total. The maximum atomic E-state index is 5.49. The van der Waals surface area contributed by atoms with Gasteiger partial charge < -0.3 is 9.13 Å². The van der Waals surface area contributed by atoms with Crippen molar-refractivity contribution in [3.05, 3.63) is 193 Å². The molecule has 0 aliphatic rings. The van der Waals surface area contributed by atoms with Gasteiger partial charge in [-0.2, -0.15) is 0 Å². The molecule has 0 saturated heterocycles. The highest BCUT2D eigenvalue weighted by Crippen LogP contribution is 2.41. The fraction of sp³-hybridized carbons (Fsp3) is 0.0370. The Morgan fingerprint density at radius 3 is 1.19 bits per heavy atom. The predicted molar refractivity (Wildman–Crippen MR) is 244 cm³/mol. The minimum absolute atomic E-state index is 0.688. The van der Waals surface area contributed by atoms with Crippen molar-refractivity contribution in [2.24, 2.45) is 0 Å². The van der Waals surface area contributed by atoms with Crippen LogP contribution in [0.1, 0.15) is 11.1 Å². The molecule has 0 aliphatic heterocycles. The van der Waals surface area contributed by atoms with Crippen LogP contribution in [0.4, 0.5) is 0 Å². The molecule has 3 aromatic heterocycles. The van der Waals surface area contributed by atoms with Crippen molar-refractivity contribution in [2.75, 3.05) is 0 Å². The minimum Gasteiger partial charge on any atom is -0.309 e. The summed E-state index contributed by atoms with van der Waals surface area (Å²) in [4.78, 5) is 10.6. The number of hydrogen-bond donors (Lipinski definition) is 0. The fourth-order valence-electron chi connectivity index (χ4n) is 9.55. The quantitative estimate of drug-likeness (QED) is 0.168. The monoisotopic (exact) mass is 740 g/mol. The molecule has 0 bridgehead atoms. The SMILES string of the molecule is Cc1cc2c3ccccc3c3ccccc3c2cc1-c1nc(-c2cc(-n3c4ccccc4c4ccccc43)cc(-n3c4ccccc4c4ccccc43)c2)ncc1C. The number of benzene rings is 9. The van der Waals surface area contributed by atoms with Crippen molar-refractivity contribution >= 4 is 75.9 Å². The number of nitrogens with zero attached hydrogens (tertiary/aromatic N) is 4. The number of aryl methyl sites for hydroxylation is 2. The number of fused-ring (bicyclic) bond motifs is 12. The molecule has 0 atom stereocenters. The van der Waals surface area contributed by atoms with Gasteiger partial charge >= 0.3 is 0 Å². The molecule has 0 radical (unpaired) electrons. The molecule has 12 aromatic rings. The van der Waals surface area contributed by atoms with Gasteiger partial charge in [0.25, 0.3) is 0 Å². The Labute approximate surface area is 334 Å². The van der Waals surface area contributed by atoms with E-state index < -0.39 is 0 Å². The third-order valence-electron chi connectivity index (χ3n) is 12.2. The van der Waals surface area contributed by atoms with Gasteiger partial charge in [-0.25, -0.2) is 9.97 Å². The molecule has 272 valence electrons. The molecule has 12 rings (SSSR count). The van der Waals surface area contributed by atoms with Gasteiger partial charge in [-0.1, -0.05) is 127 Å². The van der Waals surface area contributed by atoms with Gasteiger partial charge in [0.05, 0.1) is 27.8 Å². The van der Waals surface area contributed by atoms with Crippen LogP contribution in [0.2, 0.25) is 0 Å². The third-order valence-corrected chi connectivity index (χ3v) is 12.2. The lowest BCUT2D eigenvalue weighted by molar-refractivity contribution is 1.11. The zero-order valence-electron chi connectivity index (χ0n) is 32.1. The number of rotatable bonds is 4. The van der Waals surface area contributed by atoms with E-state index in [2.05, 4.69) is 199 Å². The molecule has 0 aliphatic carbocycles. The molecule has 4 heteroatoms. The van der Waals surface area contributed by atoms with E-state index in [9.17, 15) is 0 Å². The lowest BCUT2D eigenvalue weighted by atomic mass is 9.90. The van der Waals surface area contributed by atoms with Crippen LogP contribution in [0, 0.1) is 13.8 Å². The highest BCUT2D eigenvalue weighted by Gasteiger charge is 2.20. The maximum absolute atomic E-state index is 5.49. The Morgan fingerprint density at radius 1 is 0.362 bits per heavy atom. The summed E-state index contributed by atoms with van der Waals surface area (Å²) in [6.07, 6.45) is 1.99. The Kier molecular flexibility index (Phi) is 7.02. The first-order valence-electron chi connectivity index (χ1n) is 19.9. The molecular weight excluding hydrogens is 705 g/mol. The standard InChI is InChI=1S/C54H36N4/c1-33-27-47-40-17-5-3-15-38(40)39-16-4-6-18-41(39)48(47)31-46(33)53-34(2)32-55-54(56-53)35-28-36(57-49-23-11-7-19-42(49)43-20-8-12-24-50(43)57)30-37(29-35)58-51-25-13-9-21-44(51)45-22-10-14-26-52(45)58/h3-32H,1-2H3. The Hall–Kier alpha value is -7.56. The van der Waals surface area contributed by atoms with Crippen LogP contribution in [-0.2, 0) is 0 Å². The summed E-state index contributed by atoms with van der Waals surface area (Å²) in [5.41, 5.74) is 12.0. The van der Waals surface area contributed by atoms with Gasteiger partial charge in [-0.15, -0.1) is 0 Å². The largest absolute Gasteiger partial charge is 0.309 e. The molecule has 3 heterocycles. The Bertz CT molecular complexity index is 3420. The zero-order valence-corrected chi connectivity index (χ0v) is 32.1. The molecule has 4 nitrogen and oxygen atoms in total. The van der Waals surface area contributed by atoms with Crippen molar-refractivity contribution in [1.29, 1.82) is 0 Å². The maximum Gasteiger partial charge on any atom is 0.159 e. The normalized spacial score (nSPS) is 12.0. The van der Waals surface area contributed by atoms with E-state index in [0.717, 1.165) is 55.8 Å². The van der Waals surface area contributed by atoms with Gasteiger partial charge in [0, 0.05) is 50.2 Å². The van der Waals surface area contributed by atoms with Gasteiger partial charge in [0.1, 0.15) is 0 Å². The van der Waals surface area contributed by atoms with Crippen LogP contribution in [0.3, 0.4) is 0 Å². The van der Waals surface area contributed by atoms with E-state index in [0.29, 0.717) is 5.82 Å². The molecule has 0 unspecified atom stereocenters. The van der Waals surface area contributed by atoms with Crippen molar-refractivity contribution in [3.63, 3.8) is 0 Å². The highest BCUT2D eigenvalue weighted by molar-refractivity contribution is 6.26. The fourth-order valence-corrected chi connectivity index (χ4v) is 9.55. The van der Waals surface area contributed by atoms with Gasteiger partial charge in [0.15, 0.2) is 5.82 Å². The number of aromatic nitrogens is 4. The summed E-state index contributed by atoms with van der Waals surface area (Å²) < 4.78 is 4.78. The molecule has 9 aromatic carbocycles. The van der Waals surface area contributed by atoms with Gasteiger partial charge in [0.2, 0.25) is 0 Å². The topological polar surface area (TPSA) is 35.6 Å². The molecule has 58 heavy (non-hydrogen) atoms. The second-order valence-electron chi connectivity index (χ2n) is 15.5. The lowest BCUT2D eigenvalue weighted by Crippen LogP contribution is -2.02. The number of para-hydroxylation sites is 4. The first kappa shape index (κ1) is 32.7. The molecule has 0 amide bonds. The Morgan fingerprint density at radius 2 is 0.741 bits per heavy atom. The van der Waals surface area contributed by atoms with Crippen LogP contribution in [0.5, 0.6) is 0 Å². The third kappa shape index (κ3) is 4.75. The van der Waals surface area contributed by atoms with Crippen LogP contribution in [0.25, 0.3) is 110 Å². The Balaban J connectivity index is 1.13. The van der Waals surface area contributed by atoms with E-state index in [1.54, 1.807) is 0 Å². The predicted octanol–water partition coefficient (Wildman–Crippen LogP) is 14.1. The zero-order chi connectivity index (χ0) is 38.5. The average Bonchev–Trinajstić information content (AvgIpc) is 3.80. The van der Waals surface area contributed by atoms with Crippen molar-refractivity contribution in [3.8, 4) is 34.0 Å². The molecule has 0 saturated carbocycles. The molecular formula is C54H36N4. The van der Waals surface area contributed by atoms with E-state index in [1.807, 2.05) is 6.20 Å². The average molecular weight is 741 g/mol. The van der Waals surface area contributed by atoms with E-state index in [1.165, 1.54) is 59.4 Å². The van der Waals surface area contributed by atoms with E-state index in [4.69, 9.17) is 9.97 Å². The molecule has 0 fully saturated rings. The minimum atomic E-state index is 0.688. The van der Waals surface area contributed by atoms with Crippen molar-refractivity contribution in [2.45, 2.75) is 13.8 Å². The summed E-state index contributed by atoms with van der Waals surface area (Å²) in [6, 6.07) is 63.9. The summed E-state index contributed by atoms with van der Waals surface area (Å²) in [5, 5.41) is 12.5. The van der Waals surface area contributed by atoms with Crippen LogP contribution >= 0.6 is 0 Å². The van der Waals surface area contributed by atoms with Crippen LogP contribution < -0.4 is 0 Å². The van der Waals surface area contributed by atoms with Crippen LogP contribution in [-0.4, -0.2) is 19.1 Å². The summed E-state index contributed by atoms with van der Waals surface area (Å²) >= 11 is 0. The summed E-state index contributed by atoms with van der Waals surface area (Å²) in [6.45, 7) is 4.34. The summed E-state index contributed by atoms with van der Waals surface area (Å²) in [7, 11) is 0. The van der Waals surface area contributed by atoms with E-state index >= 15 is 0 Å². The lowest BCUT2D eigenvalue weighted by Gasteiger charge is -2.17. The smallest absolute Gasteiger partial charge is 0.159 e. The van der Waals surface area contributed by atoms with Crippen molar-refractivity contribution in [1.82, 2.24) is 19.1 Å². The van der Waals surface area contributed by atoms with Crippen LogP contribution in [0.15, 0.2) is 182 Å². The molecule has 0 spiro atoms. The summed E-state index contributed by atoms with van der Waals surface area (Å²) in [5.74, 6) is 0.688. The van der Waals surface area contributed by atoms with Crippen molar-refractivity contribution < 1.29 is 0 Å². The highest BCUT2D eigenvalue weighted by atomic mass is 15.0. The van der Waals surface area contributed by atoms with Gasteiger partial charge in [-0.3, -0.25) is 0 Å².